The van der Waals surface area contributed by atoms with E-state index in [1.165, 1.54) is 44.9 Å². The van der Waals surface area contributed by atoms with Crippen LogP contribution < -0.4 is 51.7 Å². The zero-order valence-corrected chi connectivity index (χ0v) is 59.4. The van der Waals surface area contributed by atoms with Gasteiger partial charge in [-0.05, 0) is 81.6 Å². The van der Waals surface area contributed by atoms with Crippen LogP contribution in [0.4, 0.5) is 33.2 Å². The molecule has 8 aromatic rings. The minimum absolute atomic E-state index is 0. The van der Waals surface area contributed by atoms with Crippen molar-refractivity contribution in [3.8, 4) is 0 Å². The standard InChI is InChI=1S/C12H9Cl2N3O3.C11H7Cl2N3O3.C10H20N2O2.C7H3Cl3O.C5H5N3O4.C5H7N3O2.C4H3N3O4.Na.H2O/c1-20-12(19)10-8(5-15-17-10)16-11(18)9-6(13)3-2-4-7(9)14;12-5-2-1-3-6(13)8(5)10(17)15-7-4-14-16-9(7)11(18)19;1-10(2,3)14-9(13)12-6-4-8(11)5-7-12;8-4-2-1-3-5(9)6(4)7(10)11;1-12-5(9)4-3(8(10)11)2-6-7-4;1-10-5(9)4-3(6)2-7-8-4;8-4(9)3-2(7(10)11)1-5-6-3;;/h2-5H,1H3,(H,15,17)(H,16,18);1-4H,(H,14,16)(H,15,17)(H,18,19);8H,4-7,11H2,1-3H3;1-3H;2H,1H3,(H,6,7);2H,6H2,1H3,(H,7,8);1H,(H,5,6)(H,8,9);;1H2/q;;;;;;;+1;/p-1. The summed E-state index contributed by atoms with van der Waals surface area (Å²) in [6.07, 6.45) is 7.16. The number of benzene rings is 3. The summed E-state index contributed by atoms with van der Waals surface area (Å²) in [6.45, 7) is 7.06. The third kappa shape index (κ3) is 27.4. The van der Waals surface area contributed by atoms with E-state index in [1.54, 1.807) is 47.4 Å². The van der Waals surface area contributed by atoms with Crippen molar-refractivity contribution in [2.75, 3.05) is 50.8 Å². The first kappa shape index (κ1) is 87.5. The van der Waals surface area contributed by atoms with E-state index in [2.05, 4.69) is 70.7 Å². The number of piperidine rings is 1. The third-order valence-electron chi connectivity index (χ3n) is 11.4. The summed E-state index contributed by atoms with van der Waals surface area (Å²) in [6, 6.07) is 14.3. The van der Waals surface area contributed by atoms with E-state index >= 15 is 0 Å². The Bertz CT molecular complexity index is 4030. The van der Waals surface area contributed by atoms with Gasteiger partial charge in [-0.3, -0.25) is 60.1 Å². The number of carboxylic acid groups (broad SMARTS) is 2. The summed E-state index contributed by atoms with van der Waals surface area (Å²) in [5, 5.41) is 71.7. The van der Waals surface area contributed by atoms with Gasteiger partial charge in [-0.25, -0.2) is 28.8 Å². The number of aromatic carboxylic acids is 2. The fraction of sp³-hybridized carbons (Fsp3) is 0.222. The predicted octanol–water partition coefficient (Wildman–Crippen LogP) is 6.87. The number of halogens is 7. The zero-order valence-electron chi connectivity index (χ0n) is 52.1. The number of ether oxygens (including phenoxy) is 4. The maximum absolute atomic E-state index is 12.1. The van der Waals surface area contributed by atoms with Gasteiger partial charge in [-0.15, -0.1) is 0 Å². The quantitative estimate of drug-likeness (QED) is 0.0148. The van der Waals surface area contributed by atoms with Gasteiger partial charge >= 0.3 is 76.9 Å². The fourth-order valence-electron chi connectivity index (χ4n) is 6.88. The van der Waals surface area contributed by atoms with Crippen molar-refractivity contribution in [1.29, 1.82) is 0 Å². The number of H-pyrrole nitrogens is 5. The minimum Gasteiger partial charge on any atom is -0.870 e. The number of nitrogen functional groups attached to an aromatic ring is 1. The molecule has 1 fully saturated rings. The van der Waals surface area contributed by atoms with Crippen LogP contribution in [-0.2, 0) is 18.9 Å². The number of carboxylic acids is 2. The summed E-state index contributed by atoms with van der Waals surface area (Å²) in [7, 11) is 3.63. The number of nitrogens with zero attached hydrogens (tertiary/aromatic N) is 8. The van der Waals surface area contributed by atoms with Crippen molar-refractivity contribution < 1.29 is 117 Å². The molecule has 526 valence electrons. The first-order chi connectivity index (χ1) is 45.6. The molecule has 0 bridgehead atoms. The monoisotopic (exact) mass is 1530 g/mol. The summed E-state index contributed by atoms with van der Waals surface area (Å²) in [5.74, 6) is -5.75. The molecule has 45 heteroatoms. The number of nitrogens with two attached hydrogens (primary N) is 2. The van der Waals surface area contributed by atoms with Crippen LogP contribution in [0.2, 0.25) is 30.1 Å². The zero-order chi connectivity index (χ0) is 73.0. The molecule has 3 amide bonds. The third-order valence-corrected chi connectivity index (χ3v) is 13.5. The topological polar surface area (TPSA) is 570 Å². The second kappa shape index (κ2) is 42.3. The molecule has 6 heterocycles. The second-order valence-corrected chi connectivity index (χ2v) is 21.9. The van der Waals surface area contributed by atoms with Gasteiger partial charge in [0.15, 0.2) is 17.1 Å². The van der Waals surface area contributed by atoms with E-state index in [9.17, 15) is 63.4 Å². The molecular weight excluding hydrogens is 1480 g/mol. The van der Waals surface area contributed by atoms with Crippen molar-refractivity contribution in [2.45, 2.75) is 45.3 Å². The van der Waals surface area contributed by atoms with Gasteiger partial charge < -0.3 is 61.6 Å². The molecule has 0 radical (unpaired) electrons. The molecule has 5 aromatic heterocycles. The van der Waals surface area contributed by atoms with E-state index < -0.39 is 73.7 Å². The average molecular weight is 1530 g/mol. The van der Waals surface area contributed by atoms with E-state index in [0.29, 0.717) is 5.69 Å². The number of amides is 3. The summed E-state index contributed by atoms with van der Waals surface area (Å²) < 4.78 is 18.5. The molecule has 1 saturated heterocycles. The van der Waals surface area contributed by atoms with Gasteiger partial charge in [0.05, 0.1) is 114 Å². The summed E-state index contributed by atoms with van der Waals surface area (Å²) in [5.41, 5.74) is 9.86. The van der Waals surface area contributed by atoms with Crippen LogP contribution in [0.25, 0.3) is 0 Å². The molecule has 0 spiro atoms. The smallest absolute Gasteiger partial charge is 0.870 e. The number of aromatic nitrogens is 10. The van der Waals surface area contributed by atoms with Crippen molar-refractivity contribution in [2.24, 2.45) is 5.73 Å². The van der Waals surface area contributed by atoms with Gasteiger partial charge in [0.2, 0.25) is 11.4 Å². The number of carbonyl (C=O) groups excluding carboxylic acids is 7. The number of hydrogen-bond donors (Lipinski definition) is 11. The van der Waals surface area contributed by atoms with Crippen molar-refractivity contribution >= 4 is 163 Å². The number of rotatable bonds is 12. The maximum atomic E-state index is 12.1. The number of aromatic amines is 5. The van der Waals surface area contributed by atoms with Gasteiger partial charge in [0, 0.05) is 19.1 Å². The van der Waals surface area contributed by atoms with Gasteiger partial charge in [0.1, 0.15) is 18.0 Å². The Balaban J connectivity index is 0.000000585. The van der Waals surface area contributed by atoms with Crippen LogP contribution in [0.15, 0.2) is 85.6 Å². The summed E-state index contributed by atoms with van der Waals surface area (Å²) in [4.78, 5) is 121. The Kier molecular flexibility index (Phi) is 37.4. The van der Waals surface area contributed by atoms with Crippen LogP contribution in [-0.4, -0.2) is 180 Å². The average Bonchev–Trinajstić information content (AvgIpc) is 1.80. The molecular formula is C54H55Cl7N17NaO20. The summed E-state index contributed by atoms with van der Waals surface area (Å²) >= 11 is 40.1. The Morgan fingerprint density at radius 2 is 0.879 bits per heavy atom. The van der Waals surface area contributed by atoms with Crippen LogP contribution in [0.5, 0.6) is 0 Å². The largest absolute Gasteiger partial charge is 1.00 e. The second-order valence-electron chi connectivity index (χ2n) is 19.2. The Morgan fingerprint density at radius 3 is 1.22 bits per heavy atom. The molecule has 1 aliphatic rings. The predicted molar refractivity (Wildman–Crippen MR) is 351 cm³/mol. The number of hydrogen-bond acceptors (Lipinski definition) is 25. The number of likely N-dealkylation sites (tertiary alicyclic amines) is 1. The van der Waals surface area contributed by atoms with Crippen LogP contribution in [0.3, 0.4) is 0 Å². The first-order valence-electron chi connectivity index (χ1n) is 26.4. The van der Waals surface area contributed by atoms with Gasteiger partial charge in [-0.1, -0.05) is 87.8 Å². The van der Waals surface area contributed by atoms with Crippen molar-refractivity contribution in [3.05, 3.63) is 181 Å². The van der Waals surface area contributed by atoms with Crippen molar-refractivity contribution in [1.82, 2.24) is 55.9 Å². The molecule has 0 aliphatic carbocycles. The number of methoxy groups -OCH3 is 3. The van der Waals surface area contributed by atoms with Crippen LogP contribution in [0.1, 0.15) is 117 Å². The first-order valence-corrected chi connectivity index (χ1v) is 29.1. The number of nitrogens with one attached hydrogen (secondary N) is 7. The molecule has 0 atom stereocenters. The van der Waals surface area contributed by atoms with E-state index in [0.717, 1.165) is 45.4 Å². The number of carbonyl (C=O) groups is 9. The number of nitro groups is 2. The van der Waals surface area contributed by atoms with E-state index in [1.807, 2.05) is 25.9 Å². The molecule has 14 N–H and O–H groups in total. The normalized spacial score (nSPS) is 11.0. The van der Waals surface area contributed by atoms with Crippen LogP contribution in [0, 0.1) is 20.2 Å². The molecule has 9 rings (SSSR count). The molecule has 99 heavy (non-hydrogen) atoms. The Hall–Kier alpha value is -9.51. The molecule has 0 saturated carbocycles. The van der Waals surface area contributed by atoms with E-state index in [4.69, 9.17) is 108 Å². The van der Waals surface area contributed by atoms with E-state index in [-0.39, 0.29) is 134 Å². The van der Waals surface area contributed by atoms with Crippen molar-refractivity contribution in [3.63, 3.8) is 0 Å². The molecule has 37 nitrogen and oxygen atoms in total. The number of anilines is 3. The Morgan fingerprint density at radius 1 is 0.556 bits per heavy atom. The maximum Gasteiger partial charge on any atom is 1.00 e. The van der Waals surface area contributed by atoms with Gasteiger partial charge in [0.25, 0.3) is 17.1 Å². The molecule has 1 aliphatic heterocycles. The molecule has 3 aromatic carbocycles. The molecule has 0 unspecified atom stereocenters. The SMILES string of the molecule is CC(C)(C)OC(=O)N1CCC(N)CC1.COC(=O)c1[nH]ncc1N.COC(=O)c1[nH]ncc1NC(=O)c1c(Cl)cccc1Cl.COC(=O)c1[nH]ncc1[N+](=O)[O-].O=C(Cl)c1c(Cl)cccc1Cl.O=C(O)c1[nH]ncc1NC(=O)c1c(Cl)cccc1Cl.O=C(O)c1[nH]ncc1[N+](=O)[O-].[Na+].[OH-]. The van der Waals surface area contributed by atoms with Gasteiger partial charge in [-0.2, -0.15) is 25.5 Å². The van der Waals surface area contributed by atoms with Crippen LogP contribution >= 0.6 is 81.2 Å². The number of esters is 3. The fourth-order valence-corrected chi connectivity index (χ4v) is 8.89. The minimum atomic E-state index is -1.39. The Labute approximate surface area is 614 Å².